The van der Waals surface area contributed by atoms with Gasteiger partial charge in [0.1, 0.15) is 0 Å². The zero-order valence-electron chi connectivity index (χ0n) is 12.0. The quantitative estimate of drug-likeness (QED) is 0.916. The van der Waals surface area contributed by atoms with Crippen LogP contribution in [0.1, 0.15) is 31.4 Å². The van der Waals surface area contributed by atoms with E-state index in [-0.39, 0.29) is 17.2 Å². The summed E-state index contributed by atoms with van der Waals surface area (Å²) in [5.74, 6) is -0.698. The van der Waals surface area contributed by atoms with E-state index in [9.17, 15) is 9.59 Å². The molecule has 1 spiro atoms. The first kappa shape index (κ1) is 14.0. The smallest absolute Gasteiger partial charge is 0.307 e. The lowest BCUT2D eigenvalue weighted by atomic mass is 9.90. The number of aromatic nitrogens is 1. The Hall–Kier alpha value is -1.91. The molecule has 3 rings (SSSR count). The molecule has 1 N–H and O–H groups in total. The maximum atomic E-state index is 12.2. The van der Waals surface area contributed by atoms with Gasteiger partial charge in [0, 0.05) is 31.4 Å². The summed E-state index contributed by atoms with van der Waals surface area (Å²) in [4.78, 5) is 29.3. The van der Waals surface area contributed by atoms with Gasteiger partial charge in [0.2, 0.25) is 5.91 Å². The van der Waals surface area contributed by atoms with E-state index in [1.165, 1.54) is 0 Å². The van der Waals surface area contributed by atoms with Crippen molar-refractivity contribution in [3.05, 3.63) is 30.1 Å². The first-order valence-corrected chi connectivity index (χ1v) is 7.51. The topological polar surface area (TPSA) is 70.5 Å². The van der Waals surface area contributed by atoms with Gasteiger partial charge in [-0.05, 0) is 43.2 Å². The molecule has 1 amide bonds. The third kappa shape index (κ3) is 2.91. The summed E-state index contributed by atoms with van der Waals surface area (Å²) < 4.78 is 0. The van der Waals surface area contributed by atoms with Gasteiger partial charge in [-0.2, -0.15) is 0 Å². The molecule has 2 heterocycles. The lowest BCUT2D eigenvalue weighted by molar-refractivity contribution is -0.139. The van der Waals surface area contributed by atoms with Crippen molar-refractivity contribution >= 4 is 11.9 Å². The number of nitrogens with zero attached hydrogens (tertiary/aromatic N) is 2. The Labute approximate surface area is 124 Å². The lowest BCUT2D eigenvalue weighted by Crippen LogP contribution is -2.40. The van der Waals surface area contributed by atoms with E-state index in [1.54, 1.807) is 6.20 Å². The fourth-order valence-corrected chi connectivity index (χ4v) is 3.39. The van der Waals surface area contributed by atoms with Crippen LogP contribution < -0.4 is 0 Å². The normalized spacial score (nSPS) is 23.0. The van der Waals surface area contributed by atoms with Crippen molar-refractivity contribution < 1.29 is 14.7 Å². The molecule has 0 bridgehead atoms. The van der Waals surface area contributed by atoms with Crippen molar-refractivity contribution in [1.82, 2.24) is 9.88 Å². The van der Waals surface area contributed by atoms with Gasteiger partial charge in [-0.15, -0.1) is 0 Å². The SMILES string of the molecule is O=C(O)C1CC12CCN(C(=O)CCc1ccccn1)CC2. The lowest BCUT2D eigenvalue weighted by Gasteiger charge is -2.32. The summed E-state index contributed by atoms with van der Waals surface area (Å²) in [5, 5.41) is 9.07. The molecular formula is C16H20N2O3. The van der Waals surface area contributed by atoms with Crippen LogP contribution in [0.5, 0.6) is 0 Å². The first-order chi connectivity index (χ1) is 10.1. The summed E-state index contributed by atoms with van der Waals surface area (Å²) in [6.45, 7) is 1.40. The summed E-state index contributed by atoms with van der Waals surface area (Å²) >= 11 is 0. The molecule has 1 saturated heterocycles. The number of hydrogen-bond donors (Lipinski definition) is 1. The number of carbonyl (C=O) groups excluding carboxylic acids is 1. The van der Waals surface area contributed by atoms with E-state index in [4.69, 9.17) is 5.11 Å². The number of amides is 1. The van der Waals surface area contributed by atoms with E-state index in [1.807, 2.05) is 23.1 Å². The first-order valence-electron chi connectivity index (χ1n) is 7.51. The highest BCUT2D eigenvalue weighted by Gasteiger charge is 2.59. The number of aliphatic carboxylic acids is 1. The van der Waals surface area contributed by atoms with Crippen molar-refractivity contribution in [2.45, 2.75) is 32.1 Å². The number of carboxylic acid groups (broad SMARTS) is 1. The molecule has 5 nitrogen and oxygen atoms in total. The van der Waals surface area contributed by atoms with Crippen molar-refractivity contribution in [1.29, 1.82) is 0 Å². The molecular weight excluding hydrogens is 268 g/mol. The van der Waals surface area contributed by atoms with E-state index in [0.717, 1.165) is 25.0 Å². The molecule has 2 aliphatic rings. The maximum absolute atomic E-state index is 12.2. The summed E-state index contributed by atoms with van der Waals surface area (Å²) in [6, 6.07) is 5.72. The monoisotopic (exact) mass is 288 g/mol. The number of carbonyl (C=O) groups is 2. The second kappa shape index (κ2) is 5.47. The Morgan fingerprint density at radius 1 is 1.33 bits per heavy atom. The van der Waals surface area contributed by atoms with Crippen LogP contribution >= 0.6 is 0 Å². The Morgan fingerprint density at radius 2 is 2.10 bits per heavy atom. The number of likely N-dealkylation sites (tertiary alicyclic amines) is 1. The molecule has 1 aromatic rings. The Morgan fingerprint density at radius 3 is 2.67 bits per heavy atom. The minimum absolute atomic E-state index is 0.0103. The van der Waals surface area contributed by atoms with Crippen LogP contribution in [-0.2, 0) is 16.0 Å². The van der Waals surface area contributed by atoms with E-state index < -0.39 is 5.97 Å². The van der Waals surface area contributed by atoms with Crippen LogP contribution in [0.4, 0.5) is 0 Å². The second-order valence-electron chi connectivity index (χ2n) is 6.16. The number of aryl methyl sites for hydroxylation is 1. The fraction of sp³-hybridized carbons (Fsp3) is 0.562. The standard InChI is InChI=1S/C16H20N2O3/c19-14(5-4-12-3-1-2-8-17-12)18-9-6-16(7-10-18)11-13(16)15(20)21/h1-3,8,13H,4-7,9-11H2,(H,20,21). The zero-order valence-corrected chi connectivity index (χ0v) is 12.0. The maximum Gasteiger partial charge on any atom is 0.307 e. The molecule has 5 heteroatoms. The molecule has 21 heavy (non-hydrogen) atoms. The summed E-state index contributed by atoms with van der Waals surface area (Å²) in [7, 11) is 0. The highest BCUT2D eigenvalue weighted by molar-refractivity contribution is 5.77. The van der Waals surface area contributed by atoms with Crippen molar-refractivity contribution in [3.63, 3.8) is 0 Å². The van der Waals surface area contributed by atoms with Crippen LogP contribution in [0.2, 0.25) is 0 Å². The third-order valence-electron chi connectivity index (χ3n) is 4.92. The van der Waals surface area contributed by atoms with Gasteiger partial charge in [-0.1, -0.05) is 6.07 Å². The van der Waals surface area contributed by atoms with E-state index in [2.05, 4.69) is 4.98 Å². The van der Waals surface area contributed by atoms with E-state index >= 15 is 0 Å². The van der Waals surface area contributed by atoms with Crippen LogP contribution in [0.15, 0.2) is 24.4 Å². The molecule has 1 saturated carbocycles. The molecule has 1 aromatic heterocycles. The van der Waals surface area contributed by atoms with Gasteiger partial charge >= 0.3 is 5.97 Å². The van der Waals surface area contributed by atoms with Gasteiger partial charge in [0.25, 0.3) is 0 Å². The second-order valence-corrected chi connectivity index (χ2v) is 6.16. The van der Waals surface area contributed by atoms with Crippen LogP contribution in [0.3, 0.4) is 0 Å². The van der Waals surface area contributed by atoms with Gasteiger partial charge in [0.15, 0.2) is 0 Å². The predicted octanol–water partition coefficient (Wildman–Crippen LogP) is 1.73. The van der Waals surface area contributed by atoms with Gasteiger partial charge in [-0.3, -0.25) is 14.6 Å². The van der Waals surface area contributed by atoms with Gasteiger partial charge in [0.05, 0.1) is 5.92 Å². The zero-order chi connectivity index (χ0) is 14.9. The number of pyridine rings is 1. The summed E-state index contributed by atoms with van der Waals surface area (Å²) in [6.07, 6.45) is 5.34. The Kier molecular flexibility index (Phi) is 3.66. The van der Waals surface area contributed by atoms with Crippen molar-refractivity contribution in [2.24, 2.45) is 11.3 Å². The van der Waals surface area contributed by atoms with Gasteiger partial charge in [-0.25, -0.2) is 0 Å². The minimum Gasteiger partial charge on any atom is -0.481 e. The molecule has 2 fully saturated rings. The minimum atomic E-state index is -0.676. The average molecular weight is 288 g/mol. The Bertz CT molecular complexity index is 536. The predicted molar refractivity (Wildman–Crippen MR) is 76.5 cm³/mol. The fourth-order valence-electron chi connectivity index (χ4n) is 3.39. The molecule has 112 valence electrons. The third-order valence-corrected chi connectivity index (χ3v) is 4.92. The largest absolute Gasteiger partial charge is 0.481 e. The number of rotatable bonds is 4. The van der Waals surface area contributed by atoms with Crippen molar-refractivity contribution in [3.8, 4) is 0 Å². The van der Waals surface area contributed by atoms with Crippen molar-refractivity contribution in [2.75, 3.05) is 13.1 Å². The molecule has 0 radical (unpaired) electrons. The number of hydrogen-bond acceptors (Lipinski definition) is 3. The molecule has 1 atom stereocenters. The van der Waals surface area contributed by atoms with E-state index in [0.29, 0.717) is 25.9 Å². The number of carboxylic acids is 1. The highest BCUT2D eigenvalue weighted by atomic mass is 16.4. The molecule has 0 aromatic carbocycles. The van der Waals surface area contributed by atoms with Gasteiger partial charge < -0.3 is 10.0 Å². The average Bonchev–Trinajstić information content (AvgIpc) is 3.21. The summed E-state index contributed by atoms with van der Waals surface area (Å²) in [5.41, 5.74) is 0.927. The highest BCUT2D eigenvalue weighted by Crippen LogP contribution is 2.59. The van der Waals surface area contributed by atoms with Crippen LogP contribution in [0.25, 0.3) is 0 Å². The molecule has 1 aliphatic heterocycles. The van der Waals surface area contributed by atoms with Crippen LogP contribution in [-0.4, -0.2) is 40.0 Å². The van der Waals surface area contributed by atoms with Crippen LogP contribution in [0, 0.1) is 11.3 Å². The number of piperidine rings is 1. The molecule has 1 unspecified atom stereocenters. The Balaban J connectivity index is 1.46. The molecule has 1 aliphatic carbocycles.